The first-order valence-corrected chi connectivity index (χ1v) is 7.57. The van der Waals surface area contributed by atoms with Crippen molar-refractivity contribution in [1.29, 1.82) is 0 Å². The summed E-state index contributed by atoms with van der Waals surface area (Å²) in [5.41, 5.74) is 0.835. The van der Waals surface area contributed by atoms with Gasteiger partial charge in [0, 0.05) is 0 Å². The molecule has 2 rings (SSSR count). The van der Waals surface area contributed by atoms with E-state index in [0.29, 0.717) is 5.56 Å². The van der Waals surface area contributed by atoms with E-state index in [1.165, 1.54) is 31.4 Å². The van der Waals surface area contributed by atoms with Gasteiger partial charge in [-0.1, -0.05) is 18.2 Å². The van der Waals surface area contributed by atoms with E-state index in [0.717, 1.165) is 0 Å². The molecular weight excluding hydrogens is 342 g/mol. The molecule has 140 valence electrons. The molecule has 0 saturated heterocycles. The number of carboxylic acids is 1. The average Bonchev–Trinajstić information content (AvgIpc) is 2.62. The summed E-state index contributed by atoms with van der Waals surface area (Å²) in [6.07, 6.45) is 0.250. The molecule has 0 unspecified atom stereocenters. The van der Waals surface area contributed by atoms with Crippen molar-refractivity contribution in [3.63, 3.8) is 0 Å². The van der Waals surface area contributed by atoms with E-state index < -0.39 is 18.0 Å². The van der Waals surface area contributed by atoms with Crippen LogP contribution in [0.4, 0.5) is 0 Å². The molecule has 0 saturated carbocycles. The number of hydrogen-bond acceptors (Lipinski definition) is 7. The molecule has 0 aliphatic heterocycles. The van der Waals surface area contributed by atoms with E-state index in [4.69, 9.17) is 15.3 Å². The minimum absolute atomic E-state index is 0.0562. The van der Waals surface area contributed by atoms with Crippen molar-refractivity contribution in [2.24, 2.45) is 0 Å². The van der Waals surface area contributed by atoms with Crippen molar-refractivity contribution >= 4 is 11.9 Å². The smallest absolute Gasteiger partial charge is 0.341 e. The van der Waals surface area contributed by atoms with Gasteiger partial charge in [0.1, 0.15) is 17.4 Å². The van der Waals surface area contributed by atoms with Gasteiger partial charge in [-0.2, -0.15) is 0 Å². The van der Waals surface area contributed by atoms with Gasteiger partial charge in [0.05, 0.1) is 7.11 Å². The minimum Gasteiger partial charge on any atom is -0.507 e. The fourth-order valence-corrected chi connectivity index (χ4v) is 2.00. The number of carbonyl (C=O) groups excluding carboxylic acids is 1. The molecule has 0 aliphatic carbocycles. The Balaban J connectivity index is 0.000000273. The highest BCUT2D eigenvalue weighted by atomic mass is 16.5. The molecule has 2 aromatic carbocycles. The van der Waals surface area contributed by atoms with Crippen molar-refractivity contribution in [2.45, 2.75) is 12.5 Å². The zero-order chi connectivity index (χ0) is 19.7. The van der Waals surface area contributed by atoms with Crippen molar-refractivity contribution in [3.05, 3.63) is 53.6 Å². The van der Waals surface area contributed by atoms with Crippen LogP contribution >= 0.6 is 0 Å². The first kappa shape index (κ1) is 20.8. The molecule has 0 heterocycles. The average molecular weight is 363 g/mol. The maximum atomic E-state index is 10.9. The third kappa shape index (κ3) is 5.99. The van der Waals surface area contributed by atoms with Crippen LogP contribution in [0.25, 0.3) is 0 Å². The lowest BCUT2D eigenvalue weighted by Crippen LogP contribution is -2.35. The van der Waals surface area contributed by atoms with Crippen LogP contribution in [-0.2, 0) is 16.0 Å². The number of nitrogens with one attached hydrogen (secondary N) is 1. The summed E-state index contributed by atoms with van der Waals surface area (Å²) in [6.45, 7) is 0. The Bertz CT molecular complexity index is 761. The predicted molar refractivity (Wildman–Crippen MR) is 93.4 cm³/mol. The van der Waals surface area contributed by atoms with Crippen molar-refractivity contribution in [2.75, 3.05) is 14.2 Å². The number of aliphatic carboxylic acids is 1. The second-order valence-electron chi connectivity index (χ2n) is 5.22. The number of phenols is 3. The number of hydrogen-bond donors (Lipinski definition) is 5. The highest BCUT2D eigenvalue weighted by molar-refractivity contribution is 5.92. The number of rotatable bonds is 5. The van der Waals surface area contributed by atoms with E-state index in [1.54, 1.807) is 25.2 Å². The molecule has 8 heteroatoms. The molecule has 0 spiro atoms. The Labute approximate surface area is 150 Å². The number of aromatic hydroxyl groups is 3. The topological polar surface area (TPSA) is 136 Å². The summed E-state index contributed by atoms with van der Waals surface area (Å²) in [5.74, 6) is -1.99. The number of para-hydroxylation sites is 1. The highest BCUT2D eigenvalue weighted by Crippen LogP contribution is 2.25. The third-order valence-corrected chi connectivity index (χ3v) is 3.44. The summed E-state index contributed by atoms with van der Waals surface area (Å²) in [5, 5.41) is 38.8. The van der Waals surface area contributed by atoms with Crippen molar-refractivity contribution in [1.82, 2.24) is 5.32 Å². The zero-order valence-corrected chi connectivity index (χ0v) is 14.3. The molecule has 26 heavy (non-hydrogen) atoms. The number of esters is 1. The number of benzene rings is 2. The summed E-state index contributed by atoms with van der Waals surface area (Å²) >= 11 is 0. The predicted octanol–water partition coefficient (Wildman–Crippen LogP) is 1.49. The van der Waals surface area contributed by atoms with Gasteiger partial charge in [0.25, 0.3) is 0 Å². The fourth-order valence-electron chi connectivity index (χ4n) is 2.00. The van der Waals surface area contributed by atoms with Gasteiger partial charge in [-0.05, 0) is 43.3 Å². The second kappa shape index (κ2) is 9.90. The molecule has 0 amide bonds. The molecule has 1 atom stereocenters. The van der Waals surface area contributed by atoms with Gasteiger partial charge in [0.15, 0.2) is 11.5 Å². The molecule has 2 aromatic rings. The molecule has 0 radical (unpaired) electrons. The molecule has 8 nitrogen and oxygen atoms in total. The van der Waals surface area contributed by atoms with Crippen LogP contribution in [-0.4, -0.2) is 52.6 Å². The first-order valence-electron chi connectivity index (χ1n) is 7.57. The lowest BCUT2D eigenvalue weighted by atomic mass is 10.1. The van der Waals surface area contributed by atoms with Gasteiger partial charge in [-0.15, -0.1) is 0 Å². The van der Waals surface area contributed by atoms with Crippen LogP contribution in [0.1, 0.15) is 15.9 Å². The van der Waals surface area contributed by atoms with Crippen LogP contribution < -0.4 is 5.32 Å². The summed E-state index contributed by atoms with van der Waals surface area (Å²) in [4.78, 5) is 21.6. The molecule has 0 aromatic heterocycles. The Morgan fingerprint density at radius 1 is 1.04 bits per heavy atom. The highest BCUT2D eigenvalue weighted by Gasteiger charge is 2.15. The van der Waals surface area contributed by atoms with E-state index >= 15 is 0 Å². The number of phenolic OH excluding ortho intramolecular Hbond substituents is 3. The van der Waals surface area contributed by atoms with Crippen molar-refractivity contribution in [3.8, 4) is 17.2 Å². The molecular formula is C18H21NO7. The van der Waals surface area contributed by atoms with E-state index in [1.807, 2.05) is 0 Å². The number of carbonyl (C=O) groups is 2. The van der Waals surface area contributed by atoms with Crippen LogP contribution in [0, 0.1) is 0 Å². The molecule has 0 fully saturated rings. The fraction of sp³-hybridized carbons (Fsp3) is 0.222. The summed E-state index contributed by atoms with van der Waals surface area (Å²) < 4.78 is 4.42. The normalized spacial score (nSPS) is 11.0. The monoisotopic (exact) mass is 363 g/mol. The zero-order valence-electron chi connectivity index (χ0n) is 14.3. The van der Waals surface area contributed by atoms with Crippen molar-refractivity contribution < 1.29 is 34.8 Å². The van der Waals surface area contributed by atoms with Gasteiger partial charge < -0.3 is 30.5 Å². The van der Waals surface area contributed by atoms with Gasteiger partial charge in [-0.25, -0.2) is 4.79 Å². The second-order valence-corrected chi connectivity index (χ2v) is 5.22. The number of carboxylic acid groups (broad SMARTS) is 1. The first-order chi connectivity index (χ1) is 12.3. The van der Waals surface area contributed by atoms with Crippen LogP contribution in [0.3, 0.4) is 0 Å². The van der Waals surface area contributed by atoms with Gasteiger partial charge in [0.2, 0.25) is 0 Å². The van der Waals surface area contributed by atoms with E-state index in [-0.39, 0.29) is 29.2 Å². The van der Waals surface area contributed by atoms with Crippen LogP contribution in [0.5, 0.6) is 17.2 Å². The maximum Gasteiger partial charge on any atom is 0.341 e. The Hall–Kier alpha value is -3.26. The van der Waals surface area contributed by atoms with Crippen LogP contribution in [0.15, 0.2) is 42.5 Å². The molecule has 0 aliphatic rings. The quantitative estimate of drug-likeness (QED) is 0.398. The number of likely N-dealkylation sites (N-methyl/N-ethyl adjacent to an activating group) is 1. The Kier molecular flexibility index (Phi) is 7.91. The number of ether oxygens (including phenoxy) is 1. The lowest BCUT2D eigenvalue weighted by Gasteiger charge is -2.11. The third-order valence-electron chi connectivity index (χ3n) is 3.44. The van der Waals surface area contributed by atoms with E-state index in [9.17, 15) is 14.7 Å². The standard InChI is InChI=1S/C10H13NO4.C8H8O3/c1-11-7(10(14)15)4-6-2-3-8(12)9(13)5-6;1-11-8(10)6-4-2-3-5-7(6)9/h2-3,5,7,11-13H,4H2,1H3,(H,14,15);2-5,9H,1H3/t7-;/m0./s1. The summed E-state index contributed by atoms with van der Waals surface area (Å²) in [6, 6.07) is 9.79. The Morgan fingerprint density at radius 3 is 2.19 bits per heavy atom. The van der Waals surface area contributed by atoms with Crippen LogP contribution in [0.2, 0.25) is 0 Å². The molecule has 0 bridgehead atoms. The lowest BCUT2D eigenvalue weighted by molar-refractivity contribution is -0.139. The van der Waals surface area contributed by atoms with Gasteiger partial charge >= 0.3 is 11.9 Å². The molecule has 5 N–H and O–H groups in total. The summed E-state index contributed by atoms with van der Waals surface area (Å²) in [7, 11) is 2.83. The van der Waals surface area contributed by atoms with Gasteiger partial charge in [-0.3, -0.25) is 4.79 Å². The van der Waals surface area contributed by atoms with E-state index in [2.05, 4.69) is 10.1 Å². The maximum absolute atomic E-state index is 10.9. The largest absolute Gasteiger partial charge is 0.507 e. The minimum atomic E-state index is -0.954. The Morgan fingerprint density at radius 2 is 1.69 bits per heavy atom. The number of methoxy groups -OCH3 is 1. The SMILES string of the molecule is CN[C@@H](Cc1ccc(O)c(O)c1)C(=O)O.COC(=O)c1ccccc1O.